The molecule has 1 amide bonds. The Kier molecular flexibility index (Phi) is 5.32. The lowest BCUT2D eigenvalue weighted by atomic mass is 10.3. The SMILES string of the molecule is CCCCNC(=O)c1ccc(NCC)cn1. The van der Waals surface area contributed by atoms with E-state index >= 15 is 0 Å². The summed E-state index contributed by atoms with van der Waals surface area (Å²) in [6.45, 7) is 5.68. The lowest BCUT2D eigenvalue weighted by molar-refractivity contribution is 0.0948. The summed E-state index contributed by atoms with van der Waals surface area (Å²) >= 11 is 0. The van der Waals surface area contributed by atoms with Crippen LogP contribution in [0.4, 0.5) is 5.69 Å². The van der Waals surface area contributed by atoms with Gasteiger partial charge in [0.15, 0.2) is 0 Å². The molecule has 0 radical (unpaired) electrons. The van der Waals surface area contributed by atoms with Crippen LogP contribution in [0.1, 0.15) is 37.2 Å². The van der Waals surface area contributed by atoms with Crippen LogP contribution in [0.25, 0.3) is 0 Å². The quantitative estimate of drug-likeness (QED) is 0.723. The Balaban J connectivity index is 2.49. The number of rotatable bonds is 6. The van der Waals surface area contributed by atoms with Crippen molar-refractivity contribution in [2.75, 3.05) is 18.4 Å². The number of hydrogen-bond donors (Lipinski definition) is 2. The highest BCUT2D eigenvalue weighted by atomic mass is 16.1. The van der Waals surface area contributed by atoms with Gasteiger partial charge in [-0.1, -0.05) is 13.3 Å². The fraction of sp³-hybridized carbons (Fsp3) is 0.500. The molecule has 2 N–H and O–H groups in total. The second kappa shape index (κ2) is 6.82. The molecule has 0 spiro atoms. The highest BCUT2D eigenvalue weighted by Gasteiger charge is 2.05. The third-order valence-corrected chi connectivity index (χ3v) is 2.19. The molecular weight excluding hydrogens is 202 g/mol. The standard InChI is InChI=1S/C12H19N3O/c1-3-5-8-14-12(16)11-7-6-10(9-15-11)13-4-2/h6-7,9,13H,3-5,8H2,1-2H3,(H,14,16). The van der Waals surface area contributed by atoms with Crippen LogP contribution in [0.3, 0.4) is 0 Å². The maximum absolute atomic E-state index is 11.6. The molecule has 0 unspecified atom stereocenters. The predicted molar refractivity (Wildman–Crippen MR) is 65.6 cm³/mol. The van der Waals surface area contributed by atoms with E-state index in [1.165, 1.54) is 0 Å². The molecule has 0 fully saturated rings. The van der Waals surface area contributed by atoms with E-state index in [0.717, 1.165) is 25.1 Å². The number of carbonyl (C=O) groups excluding carboxylic acids is 1. The summed E-state index contributed by atoms with van der Waals surface area (Å²) in [5.74, 6) is -0.100. The smallest absolute Gasteiger partial charge is 0.269 e. The van der Waals surface area contributed by atoms with Gasteiger partial charge in [0.2, 0.25) is 0 Å². The summed E-state index contributed by atoms with van der Waals surface area (Å²) in [6, 6.07) is 3.60. The molecule has 1 aromatic rings. The Morgan fingerprint density at radius 3 is 2.75 bits per heavy atom. The lowest BCUT2D eigenvalue weighted by Crippen LogP contribution is -2.25. The van der Waals surface area contributed by atoms with Crippen LogP contribution in [-0.4, -0.2) is 24.0 Å². The summed E-state index contributed by atoms with van der Waals surface area (Å²) < 4.78 is 0. The Bertz CT molecular complexity index is 322. The molecule has 0 saturated heterocycles. The number of aromatic nitrogens is 1. The average molecular weight is 221 g/mol. The van der Waals surface area contributed by atoms with Crippen LogP contribution in [0.5, 0.6) is 0 Å². The van der Waals surface area contributed by atoms with Crippen molar-refractivity contribution in [2.24, 2.45) is 0 Å². The minimum absolute atomic E-state index is 0.100. The number of unbranched alkanes of at least 4 members (excludes halogenated alkanes) is 1. The van der Waals surface area contributed by atoms with E-state index in [4.69, 9.17) is 0 Å². The van der Waals surface area contributed by atoms with Gasteiger partial charge in [-0.2, -0.15) is 0 Å². The molecule has 0 aliphatic carbocycles. The molecule has 0 aliphatic heterocycles. The number of nitrogens with one attached hydrogen (secondary N) is 2. The van der Waals surface area contributed by atoms with Crippen LogP contribution < -0.4 is 10.6 Å². The fourth-order valence-corrected chi connectivity index (χ4v) is 1.31. The van der Waals surface area contributed by atoms with Gasteiger partial charge in [-0.25, -0.2) is 4.98 Å². The summed E-state index contributed by atoms with van der Waals surface area (Å²) in [5, 5.41) is 5.96. The van der Waals surface area contributed by atoms with Crippen molar-refractivity contribution in [3.05, 3.63) is 24.0 Å². The summed E-state index contributed by atoms with van der Waals surface area (Å²) in [7, 11) is 0. The Hall–Kier alpha value is -1.58. The van der Waals surface area contributed by atoms with Crippen molar-refractivity contribution in [3.63, 3.8) is 0 Å². The van der Waals surface area contributed by atoms with Crippen LogP contribution in [0.2, 0.25) is 0 Å². The maximum atomic E-state index is 11.6. The molecule has 0 aromatic carbocycles. The Morgan fingerprint density at radius 2 is 2.19 bits per heavy atom. The van der Waals surface area contributed by atoms with Gasteiger partial charge < -0.3 is 10.6 Å². The first-order chi connectivity index (χ1) is 7.77. The number of carbonyl (C=O) groups is 1. The Labute approximate surface area is 96.5 Å². The molecule has 4 heteroatoms. The minimum atomic E-state index is -0.100. The number of pyridine rings is 1. The first-order valence-corrected chi connectivity index (χ1v) is 5.76. The molecule has 1 rings (SSSR count). The van der Waals surface area contributed by atoms with Crippen LogP contribution >= 0.6 is 0 Å². The lowest BCUT2D eigenvalue weighted by Gasteiger charge is -2.05. The first kappa shape index (κ1) is 12.5. The van der Waals surface area contributed by atoms with Crippen molar-refractivity contribution in [3.8, 4) is 0 Å². The molecule has 0 atom stereocenters. The zero-order valence-corrected chi connectivity index (χ0v) is 9.92. The molecule has 16 heavy (non-hydrogen) atoms. The molecule has 1 heterocycles. The molecule has 0 bridgehead atoms. The molecule has 88 valence electrons. The number of hydrogen-bond acceptors (Lipinski definition) is 3. The summed E-state index contributed by atoms with van der Waals surface area (Å²) in [5.41, 5.74) is 1.41. The van der Waals surface area contributed by atoms with E-state index in [9.17, 15) is 4.79 Å². The van der Waals surface area contributed by atoms with E-state index in [0.29, 0.717) is 12.2 Å². The summed E-state index contributed by atoms with van der Waals surface area (Å²) in [6.07, 6.45) is 3.76. The van der Waals surface area contributed by atoms with Gasteiger partial charge in [-0.15, -0.1) is 0 Å². The van der Waals surface area contributed by atoms with Gasteiger partial charge in [0.25, 0.3) is 5.91 Å². The summed E-state index contributed by atoms with van der Waals surface area (Å²) in [4.78, 5) is 15.7. The third kappa shape index (κ3) is 3.88. The van der Waals surface area contributed by atoms with Crippen molar-refractivity contribution >= 4 is 11.6 Å². The molecule has 0 saturated carbocycles. The predicted octanol–water partition coefficient (Wildman–Crippen LogP) is 2.04. The van der Waals surface area contributed by atoms with Crippen molar-refractivity contribution in [1.29, 1.82) is 0 Å². The molecule has 4 nitrogen and oxygen atoms in total. The van der Waals surface area contributed by atoms with E-state index in [1.54, 1.807) is 12.3 Å². The first-order valence-electron chi connectivity index (χ1n) is 5.76. The van der Waals surface area contributed by atoms with Crippen molar-refractivity contribution in [2.45, 2.75) is 26.7 Å². The number of anilines is 1. The van der Waals surface area contributed by atoms with E-state index in [2.05, 4.69) is 22.5 Å². The van der Waals surface area contributed by atoms with Crippen molar-refractivity contribution < 1.29 is 4.79 Å². The van der Waals surface area contributed by atoms with E-state index in [-0.39, 0.29) is 5.91 Å². The normalized spacial score (nSPS) is 9.88. The fourth-order valence-electron chi connectivity index (χ4n) is 1.31. The van der Waals surface area contributed by atoms with Crippen LogP contribution in [0.15, 0.2) is 18.3 Å². The van der Waals surface area contributed by atoms with Crippen molar-refractivity contribution in [1.82, 2.24) is 10.3 Å². The second-order valence-electron chi connectivity index (χ2n) is 3.57. The highest BCUT2D eigenvalue weighted by molar-refractivity contribution is 5.92. The zero-order chi connectivity index (χ0) is 11.8. The van der Waals surface area contributed by atoms with E-state index < -0.39 is 0 Å². The topological polar surface area (TPSA) is 54.0 Å². The number of amides is 1. The molecular formula is C12H19N3O. The van der Waals surface area contributed by atoms with Gasteiger partial charge >= 0.3 is 0 Å². The van der Waals surface area contributed by atoms with Gasteiger partial charge in [-0.3, -0.25) is 4.79 Å². The number of nitrogens with zero attached hydrogens (tertiary/aromatic N) is 1. The minimum Gasteiger partial charge on any atom is -0.384 e. The van der Waals surface area contributed by atoms with Gasteiger partial charge in [0.1, 0.15) is 5.69 Å². The van der Waals surface area contributed by atoms with Crippen LogP contribution in [-0.2, 0) is 0 Å². The third-order valence-electron chi connectivity index (χ3n) is 2.19. The van der Waals surface area contributed by atoms with Gasteiger partial charge in [-0.05, 0) is 25.5 Å². The maximum Gasteiger partial charge on any atom is 0.269 e. The largest absolute Gasteiger partial charge is 0.384 e. The highest BCUT2D eigenvalue weighted by Crippen LogP contribution is 2.05. The van der Waals surface area contributed by atoms with Gasteiger partial charge in [0, 0.05) is 13.1 Å². The molecule has 0 aliphatic rings. The van der Waals surface area contributed by atoms with E-state index in [1.807, 2.05) is 13.0 Å². The second-order valence-corrected chi connectivity index (χ2v) is 3.57. The molecule has 1 aromatic heterocycles. The zero-order valence-electron chi connectivity index (χ0n) is 9.92. The average Bonchev–Trinajstić information content (AvgIpc) is 2.30. The monoisotopic (exact) mass is 221 g/mol. The Morgan fingerprint density at radius 1 is 1.38 bits per heavy atom. The van der Waals surface area contributed by atoms with Gasteiger partial charge in [0.05, 0.1) is 11.9 Å². The van der Waals surface area contributed by atoms with Crippen LogP contribution in [0, 0.1) is 0 Å².